The molecular weight excluding hydrogens is 204 g/mol. The van der Waals surface area contributed by atoms with E-state index in [1.54, 1.807) is 6.07 Å². The Morgan fingerprint density at radius 3 is 2.77 bits per heavy atom. The van der Waals surface area contributed by atoms with Gasteiger partial charge >= 0.3 is 0 Å². The predicted molar refractivity (Wildman–Crippen MR) is 57.9 cm³/mol. The van der Waals surface area contributed by atoms with Gasteiger partial charge in [0.15, 0.2) is 5.78 Å². The highest BCUT2D eigenvalue weighted by Crippen LogP contribution is 2.18. The van der Waals surface area contributed by atoms with Crippen molar-refractivity contribution >= 4 is 30.0 Å². The van der Waals surface area contributed by atoms with Crippen molar-refractivity contribution in [3.63, 3.8) is 0 Å². The molecule has 13 heavy (non-hydrogen) atoms. The van der Waals surface area contributed by atoms with Crippen LogP contribution in [0.3, 0.4) is 0 Å². The third-order valence-electron chi connectivity index (χ3n) is 1.84. The summed E-state index contributed by atoms with van der Waals surface area (Å²) in [5.74, 6) is 0.537. The summed E-state index contributed by atoms with van der Waals surface area (Å²) in [7, 11) is 0. The Balaban J connectivity index is 3.11. The van der Waals surface area contributed by atoms with Gasteiger partial charge in [0.05, 0.1) is 0 Å². The number of carbonyl (C=O) groups excluding carboxylic acids is 1. The zero-order valence-electron chi connectivity index (χ0n) is 7.38. The summed E-state index contributed by atoms with van der Waals surface area (Å²) in [6.45, 7) is 1.84. The smallest absolute Gasteiger partial charge is 0.163 e. The molecule has 0 unspecified atom stereocenters. The number of halogens is 1. The normalized spacial score (nSPS) is 10.1. The van der Waals surface area contributed by atoms with Crippen molar-refractivity contribution in [3.05, 3.63) is 29.3 Å². The zero-order chi connectivity index (χ0) is 9.84. The van der Waals surface area contributed by atoms with Crippen LogP contribution in [-0.4, -0.2) is 5.78 Å². The second kappa shape index (κ2) is 4.68. The summed E-state index contributed by atoms with van der Waals surface area (Å²) in [4.78, 5) is 12.1. The fourth-order valence-electron chi connectivity index (χ4n) is 1.08. The molecule has 1 nitrogen and oxygen atoms in total. The lowest BCUT2D eigenvalue weighted by Crippen LogP contribution is -1.98. The minimum atomic E-state index is 0.108. The van der Waals surface area contributed by atoms with Gasteiger partial charge in [-0.1, -0.05) is 13.0 Å². The summed E-state index contributed by atoms with van der Waals surface area (Å²) in [6, 6.07) is 5.49. The Kier molecular flexibility index (Phi) is 3.82. The maximum atomic E-state index is 11.4. The van der Waals surface area contributed by atoms with E-state index in [0.29, 0.717) is 17.9 Å². The first-order chi connectivity index (χ1) is 6.19. The molecule has 0 aliphatic carbocycles. The van der Waals surface area contributed by atoms with Crippen LogP contribution in [0.15, 0.2) is 23.1 Å². The number of hydrogen-bond acceptors (Lipinski definition) is 2. The molecule has 0 saturated heterocycles. The summed E-state index contributed by atoms with van der Waals surface area (Å²) >= 11 is 9.88. The van der Waals surface area contributed by atoms with Crippen LogP contribution < -0.4 is 0 Å². The maximum Gasteiger partial charge on any atom is 0.163 e. The van der Waals surface area contributed by atoms with Crippen LogP contribution in [0.2, 0.25) is 0 Å². The molecule has 0 aliphatic rings. The monoisotopic (exact) mass is 214 g/mol. The van der Waals surface area contributed by atoms with E-state index < -0.39 is 0 Å². The van der Waals surface area contributed by atoms with Gasteiger partial charge in [-0.15, -0.1) is 24.2 Å². The summed E-state index contributed by atoms with van der Waals surface area (Å²) in [5, 5.41) is 0. The van der Waals surface area contributed by atoms with Crippen molar-refractivity contribution < 1.29 is 4.79 Å². The second-order valence-corrected chi connectivity index (χ2v) is 3.51. The maximum absolute atomic E-state index is 11.4. The highest BCUT2D eigenvalue weighted by Gasteiger charge is 2.07. The number of hydrogen-bond donors (Lipinski definition) is 1. The molecule has 0 atom stereocenters. The van der Waals surface area contributed by atoms with Gasteiger partial charge in [0, 0.05) is 22.8 Å². The van der Waals surface area contributed by atoms with Crippen molar-refractivity contribution in [3.8, 4) is 0 Å². The SMILES string of the molecule is CCC(=O)c1cc(CCl)ccc1S. The molecule has 0 saturated carbocycles. The van der Waals surface area contributed by atoms with Crippen molar-refractivity contribution in [1.29, 1.82) is 0 Å². The van der Waals surface area contributed by atoms with E-state index in [1.807, 2.05) is 19.1 Å². The van der Waals surface area contributed by atoms with E-state index in [2.05, 4.69) is 12.6 Å². The molecule has 0 fully saturated rings. The summed E-state index contributed by atoms with van der Waals surface area (Å²) in [5.41, 5.74) is 1.63. The quantitative estimate of drug-likeness (QED) is 0.464. The largest absolute Gasteiger partial charge is 0.294 e. The molecule has 70 valence electrons. The fourth-order valence-corrected chi connectivity index (χ4v) is 1.51. The summed E-state index contributed by atoms with van der Waals surface area (Å²) < 4.78 is 0. The van der Waals surface area contributed by atoms with Crippen LogP contribution in [-0.2, 0) is 5.88 Å². The number of carbonyl (C=O) groups is 1. The van der Waals surface area contributed by atoms with Gasteiger partial charge in [0.25, 0.3) is 0 Å². The number of benzene rings is 1. The molecule has 0 aromatic heterocycles. The van der Waals surface area contributed by atoms with Crippen LogP contribution in [0.4, 0.5) is 0 Å². The lowest BCUT2D eigenvalue weighted by molar-refractivity contribution is 0.0985. The minimum Gasteiger partial charge on any atom is -0.294 e. The predicted octanol–water partition coefficient (Wildman–Crippen LogP) is 3.31. The van der Waals surface area contributed by atoms with E-state index in [4.69, 9.17) is 11.6 Å². The molecule has 0 radical (unpaired) electrons. The van der Waals surface area contributed by atoms with Gasteiger partial charge < -0.3 is 0 Å². The van der Waals surface area contributed by atoms with Crippen molar-refractivity contribution in [2.24, 2.45) is 0 Å². The van der Waals surface area contributed by atoms with Gasteiger partial charge in [-0.05, 0) is 17.7 Å². The average Bonchev–Trinajstić information content (AvgIpc) is 2.17. The molecule has 0 bridgehead atoms. The Morgan fingerprint density at radius 1 is 1.54 bits per heavy atom. The number of alkyl halides is 1. The van der Waals surface area contributed by atoms with E-state index in [-0.39, 0.29) is 5.78 Å². The first kappa shape index (κ1) is 10.6. The number of Topliss-reactive ketones (excluding diaryl/α,β-unsaturated/α-hetero) is 1. The van der Waals surface area contributed by atoms with Crippen LogP contribution in [0.25, 0.3) is 0 Å². The molecule has 1 aromatic rings. The highest BCUT2D eigenvalue weighted by atomic mass is 35.5. The first-order valence-corrected chi connectivity index (χ1v) is 5.08. The van der Waals surface area contributed by atoms with Crippen molar-refractivity contribution in [2.45, 2.75) is 24.1 Å². The standard InChI is InChI=1S/C10H11ClOS/c1-2-9(12)8-5-7(6-11)3-4-10(8)13/h3-5,13H,2,6H2,1H3. The van der Waals surface area contributed by atoms with Gasteiger partial charge in [-0.25, -0.2) is 0 Å². The number of thiol groups is 1. The lowest BCUT2D eigenvalue weighted by Gasteiger charge is -2.04. The molecule has 1 aromatic carbocycles. The van der Waals surface area contributed by atoms with Crippen LogP contribution in [0.5, 0.6) is 0 Å². The third-order valence-corrected chi connectivity index (χ3v) is 2.54. The van der Waals surface area contributed by atoms with Crippen LogP contribution in [0, 0.1) is 0 Å². The van der Waals surface area contributed by atoms with Gasteiger partial charge in [0.1, 0.15) is 0 Å². The van der Waals surface area contributed by atoms with E-state index >= 15 is 0 Å². The molecular formula is C10H11ClOS. The van der Waals surface area contributed by atoms with Crippen LogP contribution in [0.1, 0.15) is 29.3 Å². The molecule has 3 heteroatoms. The Labute approximate surface area is 88.5 Å². The molecule has 0 aliphatic heterocycles. The van der Waals surface area contributed by atoms with Crippen molar-refractivity contribution in [2.75, 3.05) is 0 Å². The molecule has 0 heterocycles. The number of ketones is 1. The first-order valence-electron chi connectivity index (χ1n) is 4.10. The highest BCUT2D eigenvalue weighted by molar-refractivity contribution is 7.80. The van der Waals surface area contributed by atoms with Gasteiger partial charge in [-0.2, -0.15) is 0 Å². The Bertz CT molecular complexity index is 323. The van der Waals surface area contributed by atoms with Gasteiger partial charge in [0.2, 0.25) is 0 Å². The van der Waals surface area contributed by atoms with Crippen molar-refractivity contribution in [1.82, 2.24) is 0 Å². The Hall–Kier alpha value is -0.470. The van der Waals surface area contributed by atoms with E-state index in [9.17, 15) is 4.79 Å². The molecule has 0 N–H and O–H groups in total. The third kappa shape index (κ3) is 2.48. The van der Waals surface area contributed by atoms with E-state index in [0.717, 1.165) is 10.5 Å². The lowest BCUT2D eigenvalue weighted by atomic mass is 10.1. The number of rotatable bonds is 3. The molecule has 0 spiro atoms. The average molecular weight is 215 g/mol. The van der Waals surface area contributed by atoms with Gasteiger partial charge in [-0.3, -0.25) is 4.79 Å². The second-order valence-electron chi connectivity index (χ2n) is 2.76. The zero-order valence-corrected chi connectivity index (χ0v) is 9.03. The summed E-state index contributed by atoms with van der Waals surface area (Å²) in [6.07, 6.45) is 0.499. The fraction of sp³-hybridized carbons (Fsp3) is 0.300. The minimum absolute atomic E-state index is 0.108. The van der Waals surface area contributed by atoms with E-state index in [1.165, 1.54) is 0 Å². The topological polar surface area (TPSA) is 17.1 Å². The molecule has 0 amide bonds. The Morgan fingerprint density at radius 2 is 2.23 bits per heavy atom. The van der Waals surface area contributed by atoms with Crippen LogP contribution >= 0.6 is 24.2 Å². The molecule has 1 rings (SSSR count).